The van der Waals surface area contributed by atoms with Crippen molar-refractivity contribution in [1.82, 2.24) is 29.9 Å². The molecule has 7 heteroatoms. The minimum Gasteiger partial charge on any atom is -0.348 e. The summed E-state index contributed by atoms with van der Waals surface area (Å²) in [4.78, 5) is 17.7. The predicted molar refractivity (Wildman–Crippen MR) is 112 cm³/mol. The summed E-state index contributed by atoms with van der Waals surface area (Å²) in [5, 5.41) is 12.7. The largest absolute Gasteiger partial charge is 0.348 e. The highest BCUT2D eigenvalue weighted by molar-refractivity contribution is 6.06. The van der Waals surface area contributed by atoms with E-state index in [1.807, 2.05) is 66.7 Å². The maximum Gasteiger partial charge on any atom is 0.252 e. The zero-order valence-electron chi connectivity index (χ0n) is 16.8. The van der Waals surface area contributed by atoms with Crippen molar-refractivity contribution in [3.63, 3.8) is 0 Å². The Morgan fingerprint density at radius 3 is 2.69 bits per heavy atom. The number of nitrogens with one attached hydrogen (secondary N) is 1. The molecular weight excluding hydrogens is 364 g/mol. The molecule has 0 bridgehead atoms. The molecule has 1 atom stereocenters. The third-order valence-electron chi connectivity index (χ3n) is 4.82. The molecule has 148 valence electrons. The molecule has 4 rings (SSSR count). The van der Waals surface area contributed by atoms with E-state index >= 15 is 0 Å². The van der Waals surface area contributed by atoms with Crippen molar-refractivity contribution >= 4 is 16.9 Å². The number of hydrogen-bond donors (Lipinski definition) is 1. The molecule has 1 N–H and O–H groups in total. The van der Waals surface area contributed by atoms with Gasteiger partial charge in [0, 0.05) is 24.1 Å². The maximum absolute atomic E-state index is 13.1. The van der Waals surface area contributed by atoms with Crippen LogP contribution in [0, 0.1) is 13.8 Å². The molecular formula is C22H24N6O. The first kappa shape index (κ1) is 18.9. The number of nitrogens with zero attached hydrogens (tertiary/aromatic N) is 5. The molecule has 0 fully saturated rings. The molecule has 7 nitrogen and oxygen atoms in total. The minimum absolute atomic E-state index is 0.0643. The Morgan fingerprint density at radius 1 is 1.17 bits per heavy atom. The van der Waals surface area contributed by atoms with Crippen molar-refractivity contribution in [3.05, 3.63) is 77.4 Å². The zero-order valence-corrected chi connectivity index (χ0v) is 16.8. The van der Waals surface area contributed by atoms with Crippen LogP contribution >= 0.6 is 0 Å². The van der Waals surface area contributed by atoms with Gasteiger partial charge < -0.3 is 5.32 Å². The fourth-order valence-electron chi connectivity index (χ4n) is 3.56. The van der Waals surface area contributed by atoms with Crippen LogP contribution < -0.4 is 5.32 Å². The Labute approximate surface area is 169 Å². The van der Waals surface area contributed by atoms with Crippen molar-refractivity contribution in [2.45, 2.75) is 39.9 Å². The number of hydrogen-bond acceptors (Lipinski definition) is 4. The molecule has 3 aromatic heterocycles. The van der Waals surface area contributed by atoms with Gasteiger partial charge in [-0.05, 0) is 38.5 Å². The summed E-state index contributed by atoms with van der Waals surface area (Å²) in [6.45, 7) is 7.01. The number of rotatable bonds is 6. The van der Waals surface area contributed by atoms with Crippen molar-refractivity contribution in [2.75, 3.05) is 0 Å². The highest BCUT2D eigenvalue weighted by atomic mass is 16.1. The number of carbonyl (C=O) groups is 1. The smallest absolute Gasteiger partial charge is 0.252 e. The van der Waals surface area contributed by atoms with Gasteiger partial charge in [0.05, 0.1) is 29.7 Å². The second-order valence-electron chi connectivity index (χ2n) is 7.34. The van der Waals surface area contributed by atoms with Gasteiger partial charge in [-0.25, -0.2) is 9.67 Å². The zero-order chi connectivity index (χ0) is 20.4. The van der Waals surface area contributed by atoms with Crippen LogP contribution in [0.5, 0.6) is 0 Å². The second-order valence-corrected chi connectivity index (χ2v) is 7.34. The Morgan fingerprint density at radius 2 is 1.97 bits per heavy atom. The number of carbonyl (C=O) groups excluding carboxylic acids is 1. The summed E-state index contributed by atoms with van der Waals surface area (Å²) < 4.78 is 3.68. The van der Waals surface area contributed by atoms with E-state index in [0.717, 1.165) is 28.0 Å². The van der Waals surface area contributed by atoms with Crippen LogP contribution in [0.3, 0.4) is 0 Å². The Kier molecular flexibility index (Phi) is 5.12. The van der Waals surface area contributed by atoms with Gasteiger partial charge in [-0.3, -0.25) is 9.48 Å². The molecule has 0 aliphatic carbocycles. The van der Waals surface area contributed by atoms with Crippen molar-refractivity contribution in [3.8, 4) is 0 Å². The fraction of sp³-hybridized carbons (Fsp3) is 0.273. The standard InChI is InChI=1S/C22H24N6O/c1-15-12-19(22(29)25-16(2)13-27-11-7-10-23-27)20-17(3)26-28(21(20)24-15)14-18-8-5-4-6-9-18/h4-12,16H,13-14H2,1-3H3,(H,25,29)/t16-/m1/s1. The highest BCUT2D eigenvalue weighted by Gasteiger charge is 2.20. The molecule has 1 aromatic carbocycles. The van der Waals surface area contributed by atoms with E-state index in [1.54, 1.807) is 6.20 Å². The van der Waals surface area contributed by atoms with E-state index in [9.17, 15) is 4.79 Å². The van der Waals surface area contributed by atoms with E-state index in [1.165, 1.54) is 0 Å². The van der Waals surface area contributed by atoms with Gasteiger partial charge >= 0.3 is 0 Å². The van der Waals surface area contributed by atoms with Gasteiger partial charge in [-0.15, -0.1) is 0 Å². The average Bonchev–Trinajstić information content (AvgIpc) is 3.30. The van der Waals surface area contributed by atoms with Crippen LogP contribution in [-0.4, -0.2) is 36.5 Å². The molecule has 1 amide bonds. The van der Waals surface area contributed by atoms with Gasteiger partial charge in [0.15, 0.2) is 5.65 Å². The topological polar surface area (TPSA) is 77.6 Å². The van der Waals surface area contributed by atoms with E-state index in [-0.39, 0.29) is 11.9 Å². The van der Waals surface area contributed by atoms with E-state index in [2.05, 4.69) is 32.6 Å². The number of aryl methyl sites for hydroxylation is 2. The molecule has 0 aliphatic rings. The van der Waals surface area contributed by atoms with Crippen LogP contribution in [-0.2, 0) is 13.1 Å². The lowest BCUT2D eigenvalue weighted by Gasteiger charge is -2.15. The summed E-state index contributed by atoms with van der Waals surface area (Å²) in [5.74, 6) is -0.123. The number of amides is 1. The van der Waals surface area contributed by atoms with Gasteiger partial charge in [0.1, 0.15) is 0 Å². The van der Waals surface area contributed by atoms with Crippen molar-refractivity contribution in [1.29, 1.82) is 0 Å². The number of aromatic nitrogens is 5. The summed E-state index contributed by atoms with van der Waals surface area (Å²) in [5.41, 5.74) is 4.07. The first-order chi connectivity index (χ1) is 14.0. The molecule has 0 aliphatic heterocycles. The number of fused-ring (bicyclic) bond motifs is 1. The van der Waals surface area contributed by atoms with Gasteiger partial charge in [-0.1, -0.05) is 30.3 Å². The average molecular weight is 388 g/mol. The highest BCUT2D eigenvalue weighted by Crippen LogP contribution is 2.23. The van der Waals surface area contributed by atoms with Gasteiger partial charge in [0.25, 0.3) is 5.91 Å². The first-order valence-corrected chi connectivity index (χ1v) is 9.68. The van der Waals surface area contributed by atoms with Crippen LogP contribution in [0.25, 0.3) is 11.0 Å². The quantitative estimate of drug-likeness (QED) is 0.551. The maximum atomic E-state index is 13.1. The molecule has 29 heavy (non-hydrogen) atoms. The normalized spacial score (nSPS) is 12.2. The van der Waals surface area contributed by atoms with Crippen LogP contribution in [0.15, 0.2) is 54.9 Å². The van der Waals surface area contributed by atoms with Gasteiger partial charge in [-0.2, -0.15) is 10.2 Å². The lowest BCUT2D eigenvalue weighted by molar-refractivity contribution is 0.0937. The molecule has 4 aromatic rings. The van der Waals surface area contributed by atoms with E-state index < -0.39 is 0 Å². The molecule has 3 heterocycles. The molecule has 0 spiro atoms. The Balaban J connectivity index is 1.64. The third-order valence-corrected chi connectivity index (χ3v) is 4.82. The Bertz CT molecular complexity index is 1130. The Hall–Kier alpha value is -3.48. The van der Waals surface area contributed by atoms with Crippen molar-refractivity contribution < 1.29 is 4.79 Å². The molecule has 0 unspecified atom stereocenters. The SMILES string of the molecule is Cc1cc(C(=O)N[C@H](C)Cn2cccn2)c2c(C)nn(Cc3ccccc3)c2n1. The molecule has 0 radical (unpaired) electrons. The minimum atomic E-state index is -0.123. The summed E-state index contributed by atoms with van der Waals surface area (Å²) >= 11 is 0. The monoisotopic (exact) mass is 388 g/mol. The van der Waals surface area contributed by atoms with Gasteiger partial charge in [0.2, 0.25) is 0 Å². The molecule has 0 saturated carbocycles. The van der Waals surface area contributed by atoms with Crippen LogP contribution in [0.4, 0.5) is 0 Å². The lowest BCUT2D eigenvalue weighted by Crippen LogP contribution is -2.36. The van der Waals surface area contributed by atoms with E-state index in [0.29, 0.717) is 18.7 Å². The van der Waals surface area contributed by atoms with E-state index in [4.69, 9.17) is 0 Å². The second kappa shape index (κ2) is 7.87. The van der Waals surface area contributed by atoms with Crippen molar-refractivity contribution in [2.24, 2.45) is 0 Å². The predicted octanol–water partition coefficient (Wildman–Crippen LogP) is 3.11. The number of pyridine rings is 1. The first-order valence-electron chi connectivity index (χ1n) is 9.68. The third kappa shape index (κ3) is 4.03. The van der Waals surface area contributed by atoms with Crippen LogP contribution in [0.2, 0.25) is 0 Å². The summed E-state index contributed by atoms with van der Waals surface area (Å²) in [6.07, 6.45) is 3.62. The fourth-order valence-corrected chi connectivity index (χ4v) is 3.56. The number of benzene rings is 1. The van der Waals surface area contributed by atoms with Crippen LogP contribution in [0.1, 0.15) is 34.2 Å². The molecule has 0 saturated heterocycles. The summed E-state index contributed by atoms with van der Waals surface area (Å²) in [7, 11) is 0. The summed E-state index contributed by atoms with van der Waals surface area (Å²) in [6, 6.07) is 13.8. The lowest BCUT2D eigenvalue weighted by atomic mass is 10.1.